The molecule has 19 heavy (non-hydrogen) atoms. The van der Waals surface area contributed by atoms with Crippen molar-refractivity contribution < 1.29 is 13.5 Å². The van der Waals surface area contributed by atoms with Gasteiger partial charge in [0, 0.05) is 23.5 Å². The normalized spacial score (nSPS) is 17.9. The third kappa shape index (κ3) is 3.55. The van der Waals surface area contributed by atoms with Gasteiger partial charge >= 0.3 is 0 Å². The molecule has 0 spiro atoms. The molecular weight excluding hydrogens is 284 g/mol. The molecule has 1 aromatic heterocycles. The maximum Gasteiger partial charge on any atom is 0.241 e. The van der Waals surface area contributed by atoms with Gasteiger partial charge in [-0.25, -0.2) is 13.1 Å². The number of nitrogens with one attached hydrogen (secondary N) is 1. The summed E-state index contributed by atoms with van der Waals surface area (Å²) < 4.78 is 26.9. The molecule has 0 amide bonds. The van der Waals surface area contributed by atoms with Crippen LogP contribution in [0.2, 0.25) is 0 Å². The fourth-order valence-electron chi connectivity index (χ4n) is 1.98. The lowest BCUT2D eigenvalue weighted by Gasteiger charge is -2.24. The first kappa shape index (κ1) is 14.9. The Morgan fingerprint density at radius 2 is 2.26 bits per heavy atom. The lowest BCUT2D eigenvalue weighted by molar-refractivity contribution is 0.248. The molecule has 0 bridgehead atoms. The van der Waals surface area contributed by atoms with Gasteiger partial charge in [-0.2, -0.15) is 0 Å². The smallest absolute Gasteiger partial charge is 0.241 e. The number of nitrogens with zero attached hydrogens (tertiary/aromatic N) is 1. The van der Waals surface area contributed by atoms with E-state index in [2.05, 4.69) is 9.62 Å². The predicted octanol–water partition coefficient (Wildman–Crippen LogP) is 1.00. The number of likely N-dealkylation sites (N-methyl/N-ethyl adjacent to an activating group) is 1. The molecule has 7 heteroatoms. The lowest BCUT2D eigenvalue weighted by atomic mass is 10.3. The Morgan fingerprint density at radius 1 is 1.58 bits per heavy atom. The quantitative estimate of drug-likeness (QED) is 0.788. The van der Waals surface area contributed by atoms with E-state index < -0.39 is 10.0 Å². The molecule has 1 fully saturated rings. The number of hydrogen-bond donors (Lipinski definition) is 2. The van der Waals surface area contributed by atoms with Gasteiger partial charge in [0.15, 0.2) is 0 Å². The first-order valence-electron chi connectivity index (χ1n) is 6.34. The molecule has 1 heterocycles. The number of aliphatic hydroxyl groups excluding tert-OH is 1. The molecule has 5 nitrogen and oxygen atoms in total. The van der Waals surface area contributed by atoms with Crippen LogP contribution in [0.5, 0.6) is 0 Å². The summed E-state index contributed by atoms with van der Waals surface area (Å²) in [6, 6.07) is 2.31. The largest absolute Gasteiger partial charge is 0.391 e. The highest BCUT2D eigenvalue weighted by atomic mass is 32.2. The number of hydrogen-bond acceptors (Lipinski definition) is 5. The van der Waals surface area contributed by atoms with E-state index in [1.807, 2.05) is 14.0 Å². The summed E-state index contributed by atoms with van der Waals surface area (Å²) in [5, 5.41) is 10.8. The van der Waals surface area contributed by atoms with Gasteiger partial charge in [0.25, 0.3) is 0 Å². The molecule has 1 aliphatic carbocycles. The number of aliphatic hydroxyl groups is 1. The molecule has 2 rings (SSSR count). The molecular formula is C12H20N2O3S2. The Balaban J connectivity index is 1.97. The van der Waals surface area contributed by atoms with Crippen molar-refractivity contribution in [3.8, 4) is 0 Å². The molecule has 1 atom stereocenters. The van der Waals surface area contributed by atoms with Crippen molar-refractivity contribution >= 4 is 21.4 Å². The zero-order chi connectivity index (χ0) is 14.0. The molecule has 1 aromatic rings. The van der Waals surface area contributed by atoms with Crippen molar-refractivity contribution in [2.75, 3.05) is 13.6 Å². The van der Waals surface area contributed by atoms with Gasteiger partial charge in [-0.15, -0.1) is 11.3 Å². The van der Waals surface area contributed by atoms with Gasteiger partial charge in [0.05, 0.1) is 11.5 Å². The SMILES string of the molecule is CC(CNS(=O)(=O)c1ccsc1CO)N(C)C1CC1. The summed E-state index contributed by atoms with van der Waals surface area (Å²) in [7, 11) is -1.49. The van der Waals surface area contributed by atoms with Gasteiger partial charge in [-0.05, 0) is 38.3 Å². The van der Waals surface area contributed by atoms with Crippen molar-refractivity contribution in [2.24, 2.45) is 0 Å². The van der Waals surface area contributed by atoms with Crippen LogP contribution in [0.3, 0.4) is 0 Å². The van der Waals surface area contributed by atoms with Crippen LogP contribution < -0.4 is 4.72 Å². The van der Waals surface area contributed by atoms with Crippen LogP contribution in [0, 0.1) is 0 Å². The fraction of sp³-hybridized carbons (Fsp3) is 0.667. The monoisotopic (exact) mass is 304 g/mol. The van der Waals surface area contributed by atoms with Crippen LogP contribution in [0.4, 0.5) is 0 Å². The summed E-state index contributed by atoms with van der Waals surface area (Å²) in [5.41, 5.74) is 0. The van der Waals surface area contributed by atoms with E-state index >= 15 is 0 Å². The third-order valence-electron chi connectivity index (χ3n) is 3.52. The van der Waals surface area contributed by atoms with E-state index in [-0.39, 0.29) is 17.5 Å². The molecule has 0 saturated heterocycles. The van der Waals surface area contributed by atoms with E-state index in [0.717, 1.165) is 0 Å². The van der Waals surface area contributed by atoms with Gasteiger partial charge in [-0.1, -0.05) is 0 Å². The summed E-state index contributed by atoms with van der Waals surface area (Å²) in [6.45, 7) is 2.16. The predicted molar refractivity (Wildman–Crippen MR) is 75.7 cm³/mol. The highest BCUT2D eigenvalue weighted by Gasteiger charge is 2.30. The molecule has 1 unspecified atom stereocenters. The van der Waals surface area contributed by atoms with Crippen molar-refractivity contribution in [2.45, 2.75) is 43.4 Å². The van der Waals surface area contributed by atoms with E-state index in [1.165, 1.54) is 30.2 Å². The fourth-order valence-corrected chi connectivity index (χ4v) is 4.39. The highest BCUT2D eigenvalue weighted by Crippen LogP contribution is 2.27. The average molecular weight is 304 g/mol. The molecule has 1 saturated carbocycles. The van der Waals surface area contributed by atoms with E-state index in [4.69, 9.17) is 5.11 Å². The van der Waals surface area contributed by atoms with Crippen molar-refractivity contribution in [3.05, 3.63) is 16.3 Å². The standard InChI is InChI=1S/C12H20N2O3S2/c1-9(14(2)10-3-4-10)7-13-19(16,17)12-5-6-18-11(12)8-15/h5-6,9-10,13,15H,3-4,7-8H2,1-2H3. The minimum atomic E-state index is -3.52. The summed E-state index contributed by atoms with van der Waals surface area (Å²) in [4.78, 5) is 2.89. The third-order valence-corrected chi connectivity index (χ3v) is 6.07. The Labute approximate surface area is 118 Å². The van der Waals surface area contributed by atoms with E-state index in [0.29, 0.717) is 17.5 Å². The van der Waals surface area contributed by atoms with Crippen LogP contribution >= 0.6 is 11.3 Å². The second kappa shape index (κ2) is 5.88. The maximum absolute atomic E-state index is 12.2. The van der Waals surface area contributed by atoms with E-state index in [1.54, 1.807) is 5.38 Å². The first-order valence-corrected chi connectivity index (χ1v) is 8.71. The second-order valence-corrected chi connectivity index (χ2v) is 7.70. The second-order valence-electron chi connectivity index (χ2n) is 4.96. The first-order chi connectivity index (χ1) is 8.95. The van der Waals surface area contributed by atoms with Crippen molar-refractivity contribution in [1.29, 1.82) is 0 Å². The number of thiophene rings is 1. The molecule has 1 aliphatic rings. The Kier molecular flexibility index (Phi) is 4.62. The van der Waals surface area contributed by atoms with Gasteiger partial charge < -0.3 is 5.11 Å². The van der Waals surface area contributed by atoms with Gasteiger partial charge in [0.2, 0.25) is 10.0 Å². The molecule has 0 radical (unpaired) electrons. The Morgan fingerprint density at radius 3 is 2.84 bits per heavy atom. The highest BCUT2D eigenvalue weighted by molar-refractivity contribution is 7.89. The van der Waals surface area contributed by atoms with Crippen LogP contribution in [0.1, 0.15) is 24.6 Å². The Bertz CT molecular complexity index is 523. The van der Waals surface area contributed by atoms with Crippen molar-refractivity contribution in [3.63, 3.8) is 0 Å². The number of sulfonamides is 1. The number of rotatable bonds is 7. The Hall–Kier alpha value is -0.470. The van der Waals surface area contributed by atoms with Crippen LogP contribution in [-0.2, 0) is 16.6 Å². The van der Waals surface area contributed by atoms with Gasteiger partial charge in [-0.3, -0.25) is 4.90 Å². The maximum atomic E-state index is 12.2. The molecule has 0 aliphatic heterocycles. The lowest BCUT2D eigenvalue weighted by Crippen LogP contribution is -2.41. The zero-order valence-electron chi connectivity index (χ0n) is 11.2. The van der Waals surface area contributed by atoms with Crippen LogP contribution in [0.25, 0.3) is 0 Å². The summed E-state index contributed by atoms with van der Waals surface area (Å²) in [5.74, 6) is 0. The molecule has 0 aromatic carbocycles. The average Bonchev–Trinajstić information content (AvgIpc) is 3.11. The minimum absolute atomic E-state index is 0.165. The van der Waals surface area contributed by atoms with Crippen molar-refractivity contribution in [1.82, 2.24) is 9.62 Å². The minimum Gasteiger partial charge on any atom is -0.391 e. The summed E-state index contributed by atoms with van der Waals surface area (Å²) in [6.07, 6.45) is 2.40. The topological polar surface area (TPSA) is 69.6 Å². The molecule has 108 valence electrons. The molecule has 2 N–H and O–H groups in total. The van der Waals surface area contributed by atoms with E-state index in [9.17, 15) is 8.42 Å². The zero-order valence-corrected chi connectivity index (χ0v) is 12.8. The van der Waals surface area contributed by atoms with Crippen LogP contribution in [0.15, 0.2) is 16.3 Å². The van der Waals surface area contributed by atoms with Crippen LogP contribution in [-0.4, -0.2) is 44.1 Å². The van der Waals surface area contributed by atoms with Gasteiger partial charge in [0.1, 0.15) is 0 Å². The summed E-state index contributed by atoms with van der Waals surface area (Å²) >= 11 is 1.25.